The van der Waals surface area contributed by atoms with Gasteiger partial charge in [0, 0.05) is 12.4 Å². The smallest absolute Gasteiger partial charge is 0.115 e. The van der Waals surface area contributed by atoms with E-state index < -0.39 is 0 Å². The first-order chi connectivity index (χ1) is 6.26. The number of aromatic nitrogens is 2. The lowest BCUT2D eigenvalue weighted by Crippen LogP contribution is -2.02. The van der Waals surface area contributed by atoms with Gasteiger partial charge in [0.1, 0.15) is 7.67 Å². The molecule has 12 heavy (non-hydrogen) atoms. The molecule has 1 aromatic rings. The molecule has 1 rings (SSSR count). The Kier molecular flexibility index (Phi) is 3.12. The first kappa shape index (κ1) is 7.71. The zero-order valence-electron chi connectivity index (χ0n) is 8.75. The van der Waals surface area contributed by atoms with Gasteiger partial charge in [-0.05, 0) is 17.9 Å². The van der Waals surface area contributed by atoms with Crippen LogP contribution in [0.25, 0.3) is 0 Å². The molecule has 2 heteroatoms. The topological polar surface area (TPSA) is 25.8 Å². The third-order valence-electron chi connectivity index (χ3n) is 2.26. The van der Waals surface area contributed by atoms with E-state index >= 15 is 0 Å². The number of hydrogen-bond acceptors (Lipinski definition) is 2. The summed E-state index contributed by atoms with van der Waals surface area (Å²) in [6.07, 6.45) is 7.04. The summed E-state index contributed by atoms with van der Waals surface area (Å²) in [5, 5.41) is 0. The predicted octanol–water partition coefficient (Wildman–Crippen LogP) is 2.46. The van der Waals surface area contributed by atoms with E-state index in [-0.39, 0.29) is 6.30 Å². The molecule has 1 heterocycles. The van der Waals surface area contributed by atoms with Crippen LogP contribution in [-0.4, -0.2) is 9.97 Å². The Morgan fingerprint density at radius 3 is 2.42 bits per heavy atom. The van der Waals surface area contributed by atoms with Crippen molar-refractivity contribution in [2.24, 2.45) is 5.92 Å². The Morgan fingerprint density at radius 2 is 1.92 bits per heavy atom. The SMILES string of the molecule is [2H]c1ncc(CC(CC)CC)cn1. The van der Waals surface area contributed by atoms with Gasteiger partial charge in [0.25, 0.3) is 0 Å². The van der Waals surface area contributed by atoms with Crippen molar-refractivity contribution in [2.45, 2.75) is 33.1 Å². The summed E-state index contributed by atoms with van der Waals surface area (Å²) < 4.78 is 7.14. The van der Waals surface area contributed by atoms with Crippen molar-refractivity contribution < 1.29 is 1.37 Å². The van der Waals surface area contributed by atoms with Crippen LogP contribution in [-0.2, 0) is 6.42 Å². The maximum atomic E-state index is 7.14. The second kappa shape index (κ2) is 4.86. The monoisotopic (exact) mass is 165 g/mol. The van der Waals surface area contributed by atoms with Crippen LogP contribution in [0.3, 0.4) is 0 Å². The molecule has 0 fully saturated rings. The molecular formula is C10H16N2. The fourth-order valence-electron chi connectivity index (χ4n) is 1.31. The molecule has 1 aromatic heterocycles. The minimum absolute atomic E-state index is 0.105. The van der Waals surface area contributed by atoms with Crippen molar-refractivity contribution in [3.05, 3.63) is 24.3 Å². The Hall–Kier alpha value is -0.920. The lowest BCUT2D eigenvalue weighted by molar-refractivity contribution is 0.489. The number of rotatable bonds is 4. The van der Waals surface area contributed by atoms with E-state index in [1.807, 2.05) is 0 Å². The van der Waals surface area contributed by atoms with E-state index in [0.29, 0.717) is 0 Å². The Balaban J connectivity index is 2.58. The number of hydrogen-bond donors (Lipinski definition) is 0. The molecule has 0 aliphatic rings. The molecule has 0 unspecified atom stereocenters. The molecule has 0 amide bonds. The Bertz CT molecular complexity index is 242. The van der Waals surface area contributed by atoms with Gasteiger partial charge in [0.05, 0.1) is 0 Å². The fraction of sp³-hybridized carbons (Fsp3) is 0.600. The zero-order chi connectivity index (χ0) is 9.68. The standard InChI is InChI=1S/C10H16N2/c1-3-9(4-2)5-10-6-11-8-12-7-10/h6-9H,3-5H2,1-2H3/i8D. The van der Waals surface area contributed by atoms with E-state index in [9.17, 15) is 0 Å². The Labute approximate surface area is 75.5 Å². The largest absolute Gasteiger partial charge is 0.245 e. The van der Waals surface area contributed by atoms with Gasteiger partial charge in [0.2, 0.25) is 0 Å². The van der Waals surface area contributed by atoms with Crippen molar-refractivity contribution in [3.8, 4) is 0 Å². The van der Waals surface area contributed by atoms with E-state index in [4.69, 9.17) is 1.37 Å². The average Bonchev–Trinajstić information content (AvgIpc) is 2.17. The lowest BCUT2D eigenvalue weighted by Gasteiger charge is -2.10. The summed E-state index contributed by atoms with van der Waals surface area (Å²) in [5.41, 5.74) is 1.14. The quantitative estimate of drug-likeness (QED) is 0.685. The van der Waals surface area contributed by atoms with E-state index in [2.05, 4.69) is 23.8 Å². The third-order valence-corrected chi connectivity index (χ3v) is 2.26. The predicted molar refractivity (Wildman–Crippen MR) is 49.8 cm³/mol. The summed E-state index contributed by atoms with van der Waals surface area (Å²) >= 11 is 0. The molecule has 0 spiro atoms. The van der Waals surface area contributed by atoms with E-state index in [0.717, 1.165) is 17.9 Å². The van der Waals surface area contributed by atoms with Crippen molar-refractivity contribution in [3.63, 3.8) is 0 Å². The van der Waals surface area contributed by atoms with Crippen LogP contribution in [0, 0.1) is 5.92 Å². The lowest BCUT2D eigenvalue weighted by atomic mass is 9.96. The molecule has 66 valence electrons. The summed E-state index contributed by atoms with van der Waals surface area (Å²) in [7, 11) is 0. The van der Waals surface area contributed by atoms with Crippen LogP contribution in [0.2, 0.25) is 0 Å². The molecule has 0 saturated carbocycles. The fourth-order valence-corrected chi connectivity index (χ4v) is 1.31. The minimum atomic E-state index is 0.105. The first-order valence-electron chi connectivity index (χ1n) is 5.03. The highest BCUT2D eigenvalue weighted by Gasteiger charge is 2.04. The molecule has 0 atom stereocenters. The van der Waals surface area contributed by atoms with Gasteiger partial charge < -0.3 is 0 Å². The van der Waals surface area contributed by atoms with Crippen molar-refractivity contribution in [1.82, 2.24) is 9.97 Å². The van der Waals surface area contributed by atoms with Gasteiger partial charge in [-0.15, -0.1) is 0 Å². The molecule has 0 aromatic carbocycles. The average molecular weight is 165 g/mol. The van der Waals surface area contributed by atoms with Gasteiger partial charge in [-0.3, -0.25) is 0 Å². The third kappa shape index (κ3) is 2.61. The zero-order valence-corrected chi connectivity index (χ0v) is 7.75. The molecule has 0 radical (unpaired) electrons. The molecule has 0 N–H and O–H groups in total. The molecule has 0 aliphatic heterocycles. The van der Waals surface area contributed by atoms with E-state index in [1.165, 1.54) is 12.8 Å². The second-order valence-corrected chi connectivity index (χ2v) is 3.08. The minimum Gasteiger partial charge on any atom is -0.245 e. The second-order valence-electron chi connectivity index (χ2n) is 3.08. The summed E-state index contributed by atoms with van der Waals surface area (Å²) in [6.45, 7) is 4.40. The van der Waals surface area contributed by atoms with Gasteiger partial charge in [-0.2, -0.15) is 0 Å². The van der Waals surface area contributed by atoms with Crippen molar-refractivity contribution in [2.75, 3.05) is 0 Å². The van der Waals surface area contributed by atoms with Crippen LogP contribution in [0.4, 0.5) is 0 Å². The highest BCUT2D eigenvalue weighted by molar-refractivity contribution is 5.03. The summed E-state index contributed by atoms with van der Waals surface area (Å²) in [4.78, 5) is 7.71. The Morgan fingerprint density at radius 1 is 1.33 bits per heavy atom. The van der Waals surface area contributed by atoms with Gasteiger partial charge >= 0.3 is 0 Å². The summed E-state index contributed by atoms with van der Waals surface area (Å²) in [6, 6.07) is 0. The van der Waals surface area contributed by atoms with Crippen molar-refractivity contribution >= 4 is 0 Å². The van der Waals surface area contributed by atoms with Crippen LogP contribution < -0.4 is 0 Å². The molecular weight excluding hydrogens is 148 g/mol. The van der Waals surface area contributed by atoms with Crippen LogP contribution in [0.1, 0.15) is 33.6 Å². The highest BCUT2D eigenvalue weighted by Crippen LogP contribution is 2.13. The highest BCUT2D eigenvalue weighted by atomic mass is 14.8. The van der Waals surface area contributed by atoms with Crippen LogP contribution >= 0.6 is 0 Å². The molecule has 2 nitrogen and oxygen atoms in total. The molecule has 0 saturated heterocycles. The molecule has 0 bridgehead atoms. The van der Waals surface area contributed by atoms with Gasteiger partial charge in [-0.1, -0.05) is 26.7 Å². The van der Waals surface area contributed by atoms with Crippen molar-refractivity contribution in [1.29, 1.82) is 0 Å². The number of nitrogens with zero attached hydrogens (tertiary/aromatic N) is 2. The van der Waals surface area contributed by atoms with Gasteiger partial charge in [0.15, 0.2) is 0 Å². The summed E-state index contributed by atoms with van der Waals surface area (Å²) in [5.74, 6) is 0.722. The van der Waals surface area contributed by atoms with E-state index in [1.54, 1.807) is 12.4 Å². The van der Waals surface area contributed by atoms with Gasteiger partial charge in [-0.25, -0.2) is 9.97 Å². The first-order valence-corrected chi connectivity index (χ1v) is 4.53. The maximum absolute atomic E-state index is 7.14. The maximum Gasteiger partial charge on any atom is 0.115 e. The normalized spacial score (nSPS) is 11.8. The van der Waals surface area contributed by atoms with Crippen LogP contribution in [0.5, 0.6) is 0 Å². The molecule has 0 aliphatic carbocycles. The van der Waals surface area contributed by atoms with Crippen LogP contribution in [0.15, 0.2) is 18.7 Å².